The van der Waals surface area contributed by atoms with E-state index in [0.29, 0.717) is 5.82 Å². The fourth-order valence-electron chi connectivity index (χ4n) is 2.67. The first-order valence-electron chi connectivity index (χ1n) is 7.49. The number of nitrogens with two attached hydrogens (primary N) is 1. The maximum absolute atomic E-state index is 6.08. The van der Waals surface area contributed by atoms with Crippen molar-refractivity contribution < 1.29 is 0 Å². The van der Waals surface area contributed by atoms with E-state index in [1.54, 1.807) is 4.68 Å². The predicted octanol–water partition coefficient (Wildman–Crippen LogP) is 2.06. The quantitative estimate of drug-likeness (QED) is 0.783. The van der Waals surface area contributed by atoms with Crippen LogP contribution in [0.3, 0.4) is 0 Å². The normalized spacial score (nSPS) is 11.6. The van der Waals surface area contributed by atoms with Crippen LogP contribution in [0.25, 0.3) is 17.0 Å². The summed E-state index contributed by atoms with van der Waals surface area (Å²) in [7, 11) is 4.17. The average molecular weight is 298 g/mol. The van der Waals surface area contributed by atoms with E-state index in [4.69, 9.17) is 10.7 Å². The fourth-order valence-corrected chi connectivity index (χ4v) is 2.67. The largest absolute Gasteiger partial charge is 0.383 e. The number of aryl methyl sites for hydroxylation is 2. The molecule has 3 rings (SSSR count). The molecule has 0 bridgehead atoms. The van der Waals surface area contributed by atoms with Crippen molar-refractivity contribution in [1.82, 2.24) is 24.2 Å². The van der Waals surface area contributed by atoms with Crippen molar-refractivity contribution in [1.29, 1.82) is 0 Å². The first-order chi connectivity index (χ1) is 10.6. The number of fused-ring (bicyclic) bond motifs is 1. The molecule has 2 heterocycles. The van der Waals surface area contributed by atoms with E-state index < -0.39 is 0 Å². The van der Waals surface area contributed by atoms with Gasteiger partial charge in [-0.15, -0.1) is 0 Å². The lowest BCUT2D eigenvalue weighted by Crippen LogP contribution is -2.17. The van der Waals surface area contributed by atoms with Gasteiger partial charge in [-0.05, 0) is 46.1 Å². The molecule has 3 aromatic rings. The third-order valence-corrected chi connectivity index (χ3v) is 3.67. The van der Waals surface area contributed by atoms with Gasteiger partial charge in [-0.3, -0.25) is 0 Å². The highest BCUT2D eigenvalue weighted by Gasteiger charge is 2.15. The number of rotatable bonds is 5. The summed E-state index contributed by atoms with van der Waals surface area (Å²) in [5.41, 5.74) is 9.06. The molecule has 116 valence electrons. The van der Waals surface area contributed by atoms with Crippen LogP contribution < -0.4 is 5.73 Å². The van der Waals surface area contributed by atoms with Crippen molar-refractivity contribution in [3.05, 3.63) is 36.0 Å². The van der Waals surface area contributed by atoms with E-state index in [2.05, 4.69) is 34.7 Å². The van der Waals surface area contributed by atoms with Crippen molar-refractivity contribution in [2.75, 3.05) is 26.4 Å². The second-order valence-electron chi connectivity index (χ2n) is 5.83. The number of nitrogens with zero attached hydrogens (tertiary/aromatic N) is 5. The van der Waals surface area contributed by atoms with Gasteiger partial charge in [0.25, 0.3) is 0 Å². The zero-order valence-corrected chi connectivity index (χ0v) is 13.3. The first kappa shape index (κ1) is 14.6. The summed E-state index contributed by atoms with van der Waals surface area (Å²) < 4.78 is 3.92. The van der Waals surface area contributed by atoms with Gasteiger partial charge in [0.2, 0.25) is 5.95 Å². The number of hydrogen-bond acceptors (Lipinski definition) is 4. The molecule has 2 aromatic heterocycles. The highest BCUT2D eigenvalue weighted by Crippen LogP contribution is 2.21. The molecule has 0 amide bonds. The molecule has 0 aliphatic rings. The van der Waals surface area contributed by atoms with Crippen LogP contribution in [0.2, 0.25) is 0 Å². The maximum Gasteiger partial charge on any atom is 0.233 e. The number of hydrogen-bond donors (Lipinski definition) is 1. The minimum Gasteiger partial charge on any atom is -0.383 e. The van der Waals surface area contributed by atoms with Gasteiger partial charge in [-0.1, -0.05) is 12.1 Å². The lowest BCUT2D eigenvalue weighted by atomic mass is 10.3. The van der Waals surface area contributed by atoms with E-state index in [1.807, 2.05) is 31.2 Å². The van der Waals surface area contributed by atoms with Crippen LogP contribution in [0.4, 0.5) is 5.82 Å². The Morgan fingerprint density at radius 3 is 2.68 bits per heavy atom. The van der Waals surface area contributed by atoms with Gasteiger partial charge in [-0.25, -0.2) is 4.98 Å². The number of anilines is 1. The van der Waals surface area contributed by atoms with E-state index >= 15 is 0 Å². The van der Waals surface area contributed by atoms with Crippen molar-refractivity contribution in [3.63, 3.8) is 0 Å². The summed E-state index contributed by atoms with van der Waals surface area (Å²) in [5.74, 6) is 1.40. The number of imidazole rings is 1. The van der Waals surface area contributed by atoms with E-state index in [0.717, 1.165) is 42.2 Å². The molecule has 0 fully saturated rings. The molecule has 22 heavy (non-hydrogen) atoms. The Labute approximate surface area is 130 Å². The Morgan fingerprint density at radius 2 is 2.00 bits per heavy atom. The summed E-state index contributed by atoms with van der Waals surface area (Å²) in [6.07, 6.45) is 1.04. The van der Waals surface area contributed by atoms with Crippen LogP contribution in [-0.4, -0.2) is 44.9 Å². The van der Waals surface area contributed by atoms with Crippen molar-refractivity contribution in [2.45, 2.75) is 19.9 Å². The zero-order chi connectivity index (χ0) is 15.7. The predicted molar refractivity (Wildman–Crippen MR) is 89.2 cm³/mol. The molecular formula is C16H22N6. The van der Waals surface area contributed by atoms with Crippen LogP contribution in [0.1, 0.15) is 12.1 Å². The summed E-state index contributed by atoms with van der Waals surface area (Å²) in [6.45, 7) is 3.85. The topological polar surface area (TPSA) is 64.9 Å². The molecule has 0 aliphatic carbocycles. The SMILES string of the molecule is Cc1cc(N)n(-c2nc3ccccc3n2CCCN(C)C)n1. The molecule has 0 atom stereocenters. The lowest BCUT2D eigenvalue weighted by Gasteiger charge is -2.12. The van der Waals surface area contributed by atoms with Gasteiger partial charge < -0.3 is 15.2 Å². The second kappa shape index (κ2) is 5.81. The molecule has 0 saturated heterocycles. The lowest BCUT2D eigenvalue weighted by molar-refractivity contribution is 0.387. The summed E-state index contributed by atoms with van der Waals surface area (Å²) >= 11 is 0. The van der Waals surface area contributed by atoms with Crippen LogP contribution >= 0.6 is 0 Å². The Kier molecular flexibility index (Phi) is 3.85. The van der Waals surface area contributed by atoms with Crippen molar-refractivity contribution in [3.8, 4) is 5.95 Å². The number of para-hydroxylation sites is 2. The second-order valence-corrected chi connectivity index (χ2v) is 5.83. The summed E-state index contributed by atoms with van der Waals surface area (Å²) in [5, 5.41) is 4.48. The van der Waals surface area contributed by atoms with Gasteiger partial charge >= 0.3 is 0 Å². The molecule has 1 aromatic carbocycles. The first-order valence-corrected chi connectivity index (χ1v) is 7.49. The van der Waals surface area contributed by atoms with Crippen molar-refractivity contribution >= 4 is 16.9 Å². The third-order valence-electron chi connectivity index (χ3n) is 3.67. The summed E-state index contributed by atoms with van der Waals surface area (Å²) in [6, 6.07) is 10.0. The highest BCUT2D eigenvalue weighted by molar-refractivity contribution is 5.77. The fraction of sp³-hybridized carbons (Fsp3) is 0.375. The smallest absolute Gasteiger partial charge is 0.233 e. The third kappa shape index (κ3) is 2.69. The monoisotopic (exact) mass is 298 g/mol. The maximum atomic E-state index is 6.08. The van der Waals surface area contributed by atoms with Gasteiger partial charge in [-0.2, -0.15) is 9.78 Å². The van der Waals surface area contributed by atoms with Crippen LogP contribution in [0.5, 0.6) is 0 Å². The standard InChI is InChI=1S/C16H22N6/c1-12-11-15(17)22(19-12)16-18-13-7-4-5-8-14(13)21(16)10-6-9-20(2)3/h4-5,7-8,11H,6,9-10,17H2,1-3H3. The Bertz CT molecular complexity index is 783. The van der Waals surface area contributed by atoms with E-state index in [-0.39, 0.29) is 0 Å². The van der Waals surface area contributed by atoms with Crippen LogP contribution in [0, 0.1) is 6.92 Å². The van der Waals surface area contributed by atoms with Crippen molar-refractivity contribution in [2.24, 2.45) is 0 Å². The molecule has 2 N–H and O–H groups in total. The zero-order valence-electron chi connectivity index (χ0n) is 13.3. The molecule has 6 heteroatoms. The van der Waals surface area contributed by atoms with E-state index in [9.17, 15) is 0 Å². The molecule has 0 unspecified atom stereocenters. The van der Waals surface area contributed by atoms with Gasteiger partial charge in [0.1, 0.15) is 5.82 Å². The molecule has 0 spiro atoms. The molecular weight excluding hydrogens is 276 g/mol. The van der Waals surface area contributed by atoms with Gasteiger partial charge in [0.05, 0.1) is 16.7 Å². The number of nitrogen functional groups attached to an aromatic ring is 1. The Balaban J connectivity index is 2.06. The Morgan fingerprint density at radius 1 is 1.23 bits per heavy atom. The van der Waals surface area contributed by atoms with Crippen LogP contribution in [-0.2, 0) is 6.54 Å². The number of benzene rings is 1. The van der Waals surface area contributed by atoms with Gasteiger partial charge in [0, 0.05) is 12.6 Å². The molecule has 6 nitrogen and oxygen atoms in total. The van der Waals surface area contributed by atoms with Gasteiger partial charge in [0.15, 0.2) is 0 Å². The number of aromatic nitrogens is 4. The minimum atomic E-state index is 0.613. The summed E-state index contributed by atoms with van der Waals surface area (Å²) in [4.78, 5) is 6.91. The highest BCUT2D eigenvalue weighted by atomic mass is 15.4. The molecule has 0 radical (unpaired) electrons. The van der Waals surface area contributed by atoms with Crippen LogP contribution in [0.15, 0.2) is 30.3 Å². The molecule has 0 aliphatic heterocycles. The molecule has 0 saturated carbocycles. The van der Waals surface area contributed by atoms with E-state index in [1.165, 1.54) is 0 Å². The Hall–Kier alpha value is -2.34. The minimum absolute atomic E-state index is 0.613. The average Bonchev–Trinajstić information content (AvgIpc) is 2.99.